The molecule has 1 fully saturated rings. The van der Waals surface area contributed by atoms with Gasteiger partial charge in [-0.3, -0.25) is 0 Å². The van der Waals surface area contributed by atoms with E-state index in [-0.39, 0.29) is 30.3 Å². The van der Waals surface area contributed by atoms with Crippen LogP contribution in [-0.4, -0.2) is 61.4 Å². The molecule has 0 aromatic heterocycles. The standard InChI is InChI=1S/C15H31N3O4S/c1-4-12(5-2)14(19)11-16-15(20)17-13-7-9-18(10-8-13)23(21,22)6-3/h12-14,19H,4-11H2,1-3H3,(H2,16,17,20)/t14-/m0/s1. The molecule has 0 saturated carbocycles. The van der Waals surface area contributed by atoms with Gasteiger partial charge in [-0.2, -0.15) is 0 Å². The van der Waals surface area contributed by atoms with Crippen molar-refractivity contribution < 1.29 is 18.3 Å². The largest absolute Gasteiger partial charge is 0.391 e. The van der Waals surface area contributed by atoms with Crippen molar-refractivity contribution in [2.24, 2.45) is 5.92 Å². The average molecular weight is 349 g/mol. The number of carbonyl (C=O) groups is 1. The summed E-state index contributed by atoms with van der Waals surface area (Å²) in [4.78, 5) is 11.9. The Kier molecular flexibility index (Phi) is 8.28. The third-order valence-corrected chi connectivity index (χ3v) is 6.49. The number of carbonyl (C=O) groups excluding carboxylic acids is 1. The van der Waals surface area contributed by atoms with Gasteiger partial charge in [0.05, 0.1) is 11.9 Å². The molecule has 1 aliphatic heterocycles. The number of sulfonamides is 1. The summed E-state index contributed by atoms with van der Waals surface area (Å²) in [7, 11) is -3.14. The van der Waals surface area contributed by atoms with E-state index in [1.165, 1.54) is 4.31 Å². The molecule has 3 N–H and O–H groups in total. The van der Waals surface area contributed by atoms with Crippen LogP contribution in [0.15, 0.2) is 0 Å². The van der Waals surface area contributed by atoms with Gasteiger partial charge in [0.25, 0.3) is 0 Å². The Morgan fingerprint density at radius 1 is 1.22 bits per heavy atom. The monoisotopic (exact) mass is 349 g/mol. The van der Waals surface area contributed by atoms with Gasteiger partial charge in [0.15, 0.2) is 0 Å². The Morgan fingerprint density at radius 2 is 1.78 bits per heavy atom. The second kappa shape index (κ2) is 9.44. The van der Waals surface area contributed by atoms with Gasteiger partial charge in [-0.25, -0.2) is 17.5 Å². The Morgan fingerprint density at radius 3 is 2.26 bits per heavy atom. The minimum absolute atomic E-state index is 0.0244. The molecule has 7 nitrogen and oxygen atoms in total. The number of hydrogen-bond acceptors (Lipinski definition) is 4. The van der Waals surface area contributed by atoms with Gasteiger partial charge >= 0.3 is 6.03 Å². The molecule has 1 aliphatic rings. The maximum atomic E-state index is 11.9. The Bertz CT molecular complexity index is 457. The summed E-state index contributed by atoms with van der Waals surface area (Å²) in [6.07, 6.45) is 2.45. The third kappa shape index (κ3) is 6.27. The van der Waals surface area contributed by atoms with Crippen molar-refractivity contribution in [2.75, 3.05) is 25.4 Å². The van der Waals surface area contributed by atoms with Gasteiger partial charge in [0.1, 0.15) is 0 Å². The summed E-state index contributed by atoms with van der Waals surface area (Å²) in [5.41, 5.74) is 0. The summed E-state index contributed by atoms with van der Waals surface area (Å²) in [6, 6.07) is -0.324. The molecule has 1 atom stereocenters. The first-order valence-corrected chi connectivity index (χ1v) is 10.1. The minimum atomic E-state index is -3.14. The smallest absolute Gasteiger partial charge is 0.315 e. The number of nitrogens with zero attached hydrogens (tertiary/aromatic N) is 1. The van der Waals surface area contributed by atoms with E-state index in [1.807, 2.05) is 13.8 Å². The normalized spacial score (nSPS) is 18.8. The first-order valence-electron chi connectivity index (χ1n) is 8.54. The molecular weight excluding hydrogens is 318 g/mol. The van der Waals surface area contributed by atoms with E-state index in [4.69, 9.17) is 0 Å². The van der Waals surface area contributed by atoms with Crippen molar-refractivity contribution >= 4 is 16.1 Å². The fraction of sp³-hybridized carbons (Fsp3) is 0.933. The Hall–Kier alpha value is -0.860. The first-order chi connectivity index (χ1) is 10.8. The van der Waals surface area contributed by atoms with Crippen LogP contribution in [0, 0.1) is 5.92 Å². The maximum Gasteiger partial charge on any atom is 0.315 e. The quantitative estimate of drug-likeness (QED) is 0.606. The van der Waals surface area contributed by atoms with Gasteiger partial charge < -0.3 is 15.7 Å². The lowest BCUT2D eigenvalue weighted by molar-refractivity contribution is 0.103. The topological polar surface area (TPSA) is 98.7 Å². The lowest BCUT2D eigenvalue weighted by Crippen LogP contribution is -2.50. The van der Waals surface area contributed by atoms with Crippen LogP contribution in [-0.2, 0) is 10.0 Å². The molecule has 0 aromatic carbocycles. The number of aliphatic hydroxyl groups is 1. The van der Waals surface area contributed by atoms with Crippen LogP contribution in [0.4, 0.5) is 4.79 Å². The number of amides is 2. The van der Waals surface area contributed by atoms with Gasteiger partial charge in [0, 0.05) is 25.7 Å². The zero-order valence-electron chi connectivity index (χ0n) is 14.4. The van der Waals surface area contributed by atoms with Crippen molar-refractivity contribution in [1.82, 2.24) is 14.9 Å². The van der Waals surface area contributed by atoms with E-state index < -0.39 is 16.1 Å². The predicted octanol–water partition coefficient (Wildman–Crippen LogP) is 0.897. The number of urea groups is 1. The predicted molar refractivity (Wildman–Crippen MR) is 90.7 cm³/mol. The lowest BCUT2D eigenvalue weighted by atomic mass is 9.97. The highest BCUT2D eigenvalue weighted by Gasteiger charge is 2.27. The molecule has 1 saturated heterocycles. The molecule has 8 heteroatoms. The zero-order chi connectivity index (χ0) is 17.5. The first kappa shape index (κ1) is 20.2. The second-order valence-electron chi connectivity index (χ2n) is 6.07. The Balaban J connectivity index is 2.32. The van der Waals surface area contributed by atoms with E-state index in [0.29, 0.717) is 25.9 Å². The van der Waals surface area contributed by atoms with Crippen molar-refractivity contribution in [3.05, 3.63) is 0 Å². The van der Waals surface area contributed by atoms with Gasteiger partial charge in [-0.05, 0) is 25.7 Å². The fourth-order valence-corrected chi connectivity index (χ4v) is 4.03. The molecule has 136 valence electrons. The van der Waals surface area contributed by atoms with Crippen LogP contribution >= 0.6 is 0 Å². The van der Waals surface area contributed by atoms with Crippen LogP contribution in [0.3, 0.4) is 0 Å². The summed E-state index contributed by atoms with van der Waals surface area (Å²) >= 11 is 0. The van der Waals surface area contributed by atoms with Gasteiger partial charge in [-0.15, -0.1) is 0 Å². The molecule has 1 heterocycles. The summed E-state index contributed by atoms with van der Waals surface area (Å²) in [6.45, 7) is 6.81. The van der Waals surface area contributed by atoms with Crippen LogP contribution in [0.5, 0.6) is 0 Å². The van der Waals surface area contributed by atoms with E-state index in [0.717, 1.165) is 12.8 Å². The summed E-state index contributed by atoms with van der Waals surface area (Å²) < 4.78 is 25.0. The number of piperidine rings is 1. The van der Waals surface area contributed by atoms with Gasteiger partial charge in [0.2, 0.25) is 10.0 Å². The van der Waals surface area contributed by atoms with E-state index in [2.05, 4.69) is 10.6 Å². The number of rotatable bonds is 8. The maximum absolute atomic E-state index is 11.9. The molecule has 2 amide bonds. The van der Waals surface area contributed by atoms with Crippen molar-refractivity contribution in [1.29, 1.82) is 0 Å². The highest BCUT2D eigenvalue weighted by molar-refractivity contribution is 7.89. The third-order valence-electron chi connectivity index (χ3n) is 4.61. The van der Waals surface area contributed by atoms with Crippen LogP contribution in [0.25, 0.3) is 0 Å². The molecule has 0 bridgehead atoms. The molecular formula is C15H31N3O4S. The minimum Gasteiger partial charge on any atom is -0.391 e. The molecule has 0 aliphatic carbocycles. The van der Waals surface area contributed by atoms with E-state index >= 15 is 0 Å². The number of nitrogens with one attached hydrogen (secondary N) is 2. The second-order valence-corrected chi connectivity index (χ2v) is 8.33. The van der Waals surface area contributed by atoms with E-state index in [1.54, 1.807) is 6.92 Å². The molecule has 0 spiro atoms. The highest BCUT2D eigenvalue weighted by Crippen LogP contribution is 2.15. The van der Waals surface area contributed by atoms with Crippen molar-refractivity contribution in [3.8, 4) is 0 Å². The average Bonchev–Trinajstić information content (AvgIpc) is 2.54. The molecule has 0 radical (unpaired) electrons. The van der Waals surface area contributed by atoms with Crippen LogP contribution in [0.2, 0.25) is 0 Å². The summed E-state index contributed by atoms with van der Waals surface area (Å²) in [5.74, 6) is 0.303. The van der Waals surface area contributed by atoms with Crippen LogP contribution < -0.4 is 10.6 Å². The zero-order valence-corrected chi connectivity index (χ0v) is 15.2. The highest BCUT2D eigenvalue weighted by atomic mass is 32.2. The number of aliphatic hydroxyl groups excluding tert-OH is 1. The van der Waals surface area contributed by atoms with E-state index in [9.17, 15) is 18.3 Å². The molecule has 0 unspecified atom stereocenters. The number of hydrogen-bond donors (Lipinski definition) is 3. The molecule has 0 aromatic rings. The Labute approximate surface area is 139 Å². The molecule has 23 heavy (non-hydrogen) atoms. The van der Waals surface area contributed by atoms with Gasteiger partial charge in [-0.1, -0.05) is 26.7 Å². The summed E-state index contributed by atoms with van der Waals surface area (Å²) in [5, 5.41) is 15.6. The van der Waals surface area contributed by atoms with Crippen LogP contribution in [0.1, 0.15) is 46.5 Å². The SMILES string of the molecule is CCC(CC)[C@@H](O)CNC(=O)NC1CCN(S(=O)(=O)CC)CC1. The van der Waals surface area contributed by atoms with Crippen molar-refractivity contribution in [2.45, 2.75) is 58.6 Å². The molecule has 1 rings (SSSR count). The van der Waals surface area contributed by atoms with Crippen molar-refractivity contribution in [3.63, 3.8) is 0 Å². The lowest BCUT2D eigenvalue weighted by Gasteiger charge is -2.31. The fourth-order valence-electron chi connectivity index (χ4n) is 2.89.